The van der Waals surface area contributed by atoms with Crippen molar-refractivity contribution in [2.24, 2.45) is 0 Å². The molecule has 0 unspecified atom stereocenters. The minimum absolute atomic E-state index is 0.0164. The van der Waals surface area contributed by atoms with Gasteiger partial charge < -0.3 is 10.1 Å². The normalized spacial score (nSPS) is 11.6. The van der Waals surface area contributed by atoms with Gasteiger partial charge in [0.1, 0.15) is 23.1 Å². The van der Waals surface area contributed by atoms with E-state index < -0.39 is 28.9 Å². The number of fused-ring (bicyclic) bond motifs is 1. The highest BCUT2D eigenvalue weighted by molar-refractivity contribution is 6.39. The van der Waals surface area contributed by atoms with Gasteiger partial charge in [0.25, 0.3) is 5.56 Å². The molecule has 0 atom stereocenters. The van der Waals surface area contributed by atoms with Gasteiger partial charge in [0.2, 0.25) is 0 Å². The summed E-state index contributed by atoms with van der Waals surface area (Å²) in [6.45, 7) is 5.21. The number of hydrogen-bond acceptors (Lipinski definition) is 4. The fourth-order valence-corrected chi connectivity index (χ4v) is 3.39. The molecule has 1 amide bonds. The monoisotopic (exact) mass is 469 g/mol. The number of benzene rings is 2. The average Bonchev–Trinajstić information content (AvgIpc) is 2.62. The fourth-order valence-electron chi connectivity index (χ4n) is 2.95. The molecule has 1 N–H and O–H groups in total. The van der Waals surface area contributed by atoms with Crippen LogP contribution in [0.25, 0.3) is 16.6 Å². The maximum absolute atomic E-state index is 13.9. The highest BCUT2D eigenvalue weighted by Gasteiger charge is 2.19. The maximum Gasteiger partial charge on any atom is 0.407 e. The van der Waals surface area contributed by atoms with E-state index in [1.54, 1.807) is 20.8 Å². The van der Waals surface area contributed by atoms with Gasteiger partial charge in [-0.1, -0.05) is 23.2 Å². The predicted molar refractivity (Wildman–Crippen MR) is 115 cm³/mol. The first-order valence-electron chi connectivity index (χ1n) is 9.29. The van der Waals surface area contributed by atoms with Crippen LogP contribution in [0.15, 0.2) is 35.1 Å². The van der Waals surface area contributed by atoms with Crippen LogP contribution in [-0.2, 0) is 11.2 Å². The Bertz CT molecular complexity index is 1200. The molecule has 0 aliphatic carbocycles. The van der Waals surface area contributed by atoms with Gasteiger partial charge in [-0.15, -0.1) is 0 Å². The number of carbonyl (C=O) groups excluding carboxylic acids is 1. The smallest absolute Gasteiger partial charge is 0.407 e. The van der Waals surface area contributed by atoms with Crippen LogP contribution >= 0.6 is 23.2 Å². The number of amides is 1. The Morgan fingerprint density at radius 2 is 1.74 bits per heavy atom. The molecule has 0 bridgehead atoms. The summed E-state index contributed by atoms with van der Waals surface area (Å²) in [6.07, 6.45) is -0.606. The van der Waals surface area contributed by atoms with Crippen molar-refractivity contribution in [3.05, 3.63) is 68.2 Å². The van der Waals surface area contributed by atoms with E-state index in [4.69, 9.17) is 27.9 Å². The molecule has 0 saturated carbocycles. The molecular formula is C21H19Cl2F2N3O3. The summed E-state index contributed by atoms with van der Waals surface area (Å²) >= 11 is 12.4. The third-order valence-corrected chi connectivity index (χ3v) is 4.74. The molecule has 6 nitrogen and oxygen atoms in total. The molecule has 1 heterocycles. The molecule has 0 aliphatic heterocycles. The quantitative estimate of drug-likeness (QED) is 0.580. The van der Waals surface area contributed by atoms with E-state index in [9.17, 15) is 18.4 Å². The van der Waals surface area contributed by atoms with Crippen LogP contribution < -0.4 is 10.9 Å². The Morgan fingerprint density at radius 1 is 1.13 bits per heavy atom. The molecule has 0 spiro atoms. The lowest BCUT2D eigenvalue weighted by Crippen LogP contribution is -2.34. The summed E-state index contributed by atoms with van der Waals surface area (Å²) in [7, 11) is 0. The molecule has 2 aromatic carbocycles. The van der Waals surface area contributed by atoms with Crippen LogP contribution in [0.2, 0.25) is 10.0 Å². The topological polar surface area (TPSA) is 73.2 Å². The van der Waals surface area contributed by atoms with Crippen molar-refractivity contribution in [3.63, 3.8) is 0 Å². The fraction of sp³-hybridized carbons (Fsp3) is 0.286. The molecule has 0 saturated heterocycles. The van der Waals surface area contributed by atoms with Crippen LogP contribution in [0.5, 0.6) is 0 Å². The number of rotatable bonds is 4. The summed E-state index contributed by atoms with van der Waals surface area (Å²) < 4.78 is 33.9. The Morgan fingerprint density at radius 3 is 2.35 bits per heavy atom. The van der Waals surface area contributed by atoms with Gasteiger partial charge in [-0.05, 0) is 45.0 Å². The van der Waals surface area contributed by atoms with E-state index in [0.717, 1.165) is 16.7 Å². The zero-order chi connectivity index (χ0) is 22.9. The van der Waals surface area contributed by atoms with Crippen molar-refractivity contribution in [2.75, 3.05) is 6.54 Å². The number of ether oxygens (including phenoxy) is 1. The van der Waals surface area contributed by atoms with Crippen molar-refractivity contribution >= 4 is 40.2 Å². The Labute approximate surface area is 186 Å². The van der Waals surface area contributed by atoms with Gasteiger partial charge in [0.15, 0.2) is 0 Å². The predicted octanol–water partition coefficient (Wildman–Crippen LogP) is 5.04. The van der Waals surface area contributed by atoms with Gasteiger partial charge in [0, 0.05) is 19.0 Å². The second-order valence-corrected chi connectivity index (χ2v) is 8.54. The second kappa shape index (κ2) is 8.80. The molecular weight excluding hydrogens is 451 g/mol. The van der Waals surface area contributed by atoms with E-state index >= 15 is 0 Å². The number of nitrogens with zero attached hydrogens (tertiary/aromatic N) is 2. The third-order valence-electron chi connectivity index (χ3n) is 4.12. The Balaban J connectivity index is 2.09. The number of alkyl carbamates (subject to hydrolysis) is 1. The van der Waals surface area contributed by atoms with E-state index in [1.165, 1.54) is 12.1 Å². The third kappa shape index (κ3) is 5.32. The molecule has 3 aromatic rings. The van der Waals surface area contributed by atoms with Gasteiger partial charge in [0.05, 0.1) is 26.6 Å². The maximum atomic E-state index is 13.9. The standard InChI is InChI=1S/C21H19Cl2F2N3O3/c1-21(2,3)31-20(30)26-7-6-16-27-18-15(23)5-4-14(22)17(18)19(29)28(16)13-9-11(24)8-12(25)10-13/h4-5,8-10H,6-7H2,1-3H3,(H,26,30). The van der Waals surface area contributed by atoms with Crippen LogP contribution in [-0.4, -0.2) is 27.8 Å². The zero-order valence-corrected chi connectivity index (χ0v) is 18.4. The molecule has 0 aliphatic rings. The zero-order valence-electron chi connectivity index (χ0n) is 16.9. The van der Waals surface area contributed by atoms with E-state index in [1.807, 2.05) is 0 Å². The van der Waals surface area contributed by atoms with Crippen molar-refractivity contribution in [2.45, 2.75) is 32.8 Å². The Hall–Kier alpha value is -2.71. The number of halogens is 4. The number of hydrogen-bond donors (Lipinski definition) is 1. The van der Waals surface area contributed by atoms with Gasteiger partial charge in [-0.25, -0.2) is 18.6 Å². The summed E-state index contributed by atoms with van der Waals surface area (Å²) in [5, 5.41) is 2.86. The first-order valence-corrected chi connectivity index (χ1v) is 10.0. The highest BCUT2D eigenvalue weighted by Crippen LogP contribution is 2.27. The minimum atomic E-state index is -0.864. The van der Waals surface area contributed by atoms with Gasteiger partial charge >= 0.3 is 6.09 Å². The molecule has 1 aromatic heterocycles. The lowest BCUT2D eigenvalue weighted by atomic mass is 10.2. The van der Waals surface area contributed by atoms with Gasteiger partial charge in [-0.2, -0.15) is 0 Å². The number of nitrogens with one attached hydrogen (secondary N) is 1. The van der Waals surface area contributed by atoms with E-state index in [0.29, 0.717) is 6.07 Å². The lowest BCUT2D eigenvalue weighted by molar-refractivity contribution is 0.0528. The summed E-state index contributed by atoms with van der Waals surface area (Å²) in [5.74, 6) is -1.60. The lowest BCUT2D eigenvalue weighted by Gasteiger charge is -2.20. The summed E-state index contributed by atoms with van der Waals surface area (Å²) in [4.78, 5) is 29.6. The van der Waals surface area contributed by atoms with Crippen molar-refractivity contribution < 1.29 is 18.3 Å². The molecule has 31 heavy (non-hydrogen) atoms. The molecule has 3 rings (SSSR count). The van der Waals surface area contributed by atoms with Crippen LogP contribution in [0.1, 0.15) is 26.6 Å². The van der Waals surface area contributed by atoms with Crippen LogP contribution in [0.4, 0.5) is 13.6 Å². The highest BCUT2D eigenvalue weighted by atomic mass is 35.5. The van der Waals surface area contributed by atoms with Crippen molar-refractivity contribution in [3.8, 4) is 5.69 Å². The first-order chi connectivity index (χ1) is 14.5. The van der Waals surface area contributed by atoms with E-state index in [2.05, 4.69) is 10.3 Å². The summed E-state index contributed by atoms with van der Waals surface area (Å²) in [5.41, 5.74) is -1.24. The van der Waals surface area contributed by atoms with Crippen molar-refractivity contribution in [1.29, 1.82) is 0 Å². The SMILES string of the molecule is CC(C)(C)OC(=O)NCCc1nc2c(Cl)ccc(Cl)c2c(=O)n1-c1cc(F)cc(F)c1. The molecule has 164 valence electrons. The molecule has 0 radical (unpaired) electrons. The average molecular weight is 470 g/mol. The molecule has 0 fully saturated rings. The largest absolute Gasteiger partial charge is 0.444 e. The van der Waals surface area contributed by atoms with Crippen LogP contribution in [0, 0.1) is 11.6 Å². The van der Waals surface area contributed by atoms with Crippen molar-refractivity contribution in [1.82, 2.24) is 14.9 Å². The van der Waals surface area contributed by atoms with Crippen LogP contribution in [0.3, 0.4) is 0 Å². The first kappa shape index (κ1) is 23.0. The minimum Gasteiger partial charge on any atom is -0.444 e. The van der Waals surface area contributed by atoms with Gasteiger partial charge in [-0.3, -0.25) is 9.36 Å². The summed E-state index contributed by atoms with van der Waals surface area (Å²) in [6, 6.07) is 5.63. The van der Waals surface area contributed by atoms with E-state index in [-0.39, 0.29) is 45.4 Å². The number of carbonyl (C=O) groups is 1. The number of aromatic nitrogens is 2. The Kier molecular flexibility index (Phi) is 6.52. The molecule has 10 heteroatoms. The second-order valence-electron chi connectivity index (χ2n) is 7.73.